The maximum absolute atomic E-state index is 13.2. The number of nitrogens with zero attached hydrogens (tertiary/aromatic N) is 3. The van der Waals surface area contributed by atoms with Gasteiger partial charge in [-0.3, -0.25) is 9.48 Å². The van der Waals surface area contributed by atoms with Gasteiger partial charge in [0.05, 0.1) is 30.0 Å². The number of aryl methyl sites for hydroxylation is 1. The van der Waals surface area contributed by atoms with E-state index in [1.165, 1.54) is 0 Å². The lowest BCUT2D eigenvalue weighted by atomic mass is 10.1. The van der Waals surface area contributed by atoms with Crippen LogP contribution in [0.4, 0.5) is 5.69 Å². The number of benzene rings is 1. The number of amides is 1. The molecule has 1 aliphatic heterocycles. The molecule has 5 heteroatoms. The van der Waals surface area contributed by atoms with E-state index in [9.17, 15) is 4.79 Å². The van der Waals surface area contributed by atoms with Crippen LogP contribution in [0.5, 0.6) is 5.75 Å². The first-order valence-electron chi connectivity index (χ1n) is 9.09. The third-order valence-corrected chi connectivity index (χ3v) is 4.98. The van der Waals surface area contributed by atoms with Gasteiger partial charge in [-0.15, -0.1) is 0 Å². The summed E-state index contributed by atoms with van der Waals surface area (Å²) >= 11 is 0. The fourth-order valence-corrected chi connectivity index (χ4v) is 3.52. The standard InChI is InChI=1S/C20H27N3O2/c1-6-16(7-2)23-15(5)17(11-21-23)20(24)22-12-14(4)25-19-10-13(3)8-9-18(19)22/h8-11,14,16H,6-7,12H2,1-5H3. The van der Waals surface area contributed by atoms with Crippen LogP contribution >= 0.6 is 0 Å². The zero-order valence-corrected chi connectivity index (χ0v) is 15.7. The second-order valence-corrected chi connectivity index (χ2v) is 6.87. The van der Waals surface area contributed by atoms with Crippen molar-refractivity contribution in [2.45, 2.75) is 59.6 Å². The van der Waals surface area contributed by atoms with E-state index >= 15 is 0 Å². The minimum atomic E-state index is -0.0346. The van der Waals surface area contributed by atoms with E-state index in [2.05, 4.69) is 18.9 Å². The molecule has 0 radical (unpaired) electrons. The third-order valence-electron chi connectivity index (χ3n) is 4.98. The van der Waals surface area contributed by atoms with Crippen LogP contribution in [0.25, 0.3) is 0 Å². The maximum atomic E-state index is 13.2. The molecule has 134 valence electrons. The molecule has 2 aromatic rings. The van der Waals surface area contributed by atoms with E-state index in [-0.39, 0.29) is 12.0 Å². The molecule has 0 fully saturated rings. The number of anilines is 1. The summed E-state index contributed by atoms with van der Waals surface area (Å²) in [5.41, 5.74) is 3.57. The maximum Gasteiger partial charge on any atom is 0.261 e. The van der Waals surface area contributed by atoms with Gasteiger partial charge in [0.1, 0.15) is 11.9 Å². The molecule has 1 unspecified atom stereocenters. The van der Waals surface area contributed by atoms with Gasteiger partial charge in [-0.1, -0.05) is 19.9 Å². The van der Waals surface area contributed by atoms with E-state index < -0.39 is 0 Å². The summed E-state index contributed by atoms with van der Waals surface area (Å²) in [6.07, 6.45) is 3.68. The van der Waals surface area contributed by atoms with Gasteiger partial charge < -0.3 is 9.64 Å². The Hall–Kier alpha value is -2.30. The minimum absolute atomic E-state index is 0.00467. The molecule has 0 N–H and O–H groups in total. The molecule has 5 nitrogen and oxygen atoms in total. The topological polar surface area (TPSA) is 47.4 Å². The van der Waals surface area contributed by atoms with E-state index in [0.29, 0.717) is 18.2 Å². The Balaban J connectivity index is 1.97. The van der Waals surface area contributed by atoms with Gasteiger partial charge in [0.15, 0.2) is 0 Å². The molecule has 1 aliphatic rings. The molecule has 0 aliphatic carbocycles. The Bertz CT molecular complexity index is 777. The summed E-state index contributed by atoms with van der Waals surface area (Å²) < 4.78 is 7.92. The molecule has 1 aromatic carbocycles. The third kappa shape index (κ3) is 3.15. The second-order valence-electron chi connectivity index (χ2n) is 6.87. The molecule has 1 amide bonds. The van der Waals surface area contributed by atoms with Crippen molar-refractivity contribution in [3.05, 3.63) is 41.2 Å². The number of carbonyl (C=O) groups is 1. The Morgan fingerprint density at radius 3 is 2.72 bits per heavy atom. The summed E-state index contributed by atoms with van der Waals surface area (Å²) in [4.78, 5) is 15.1. The van der Waals surface area contributed by atoms with Crippen molar-refractivity contribution in [2.24, 2.45) is 0 Å². The van der Waals surface area contributed by atoms with Gasteiger partial charge in [0.2, 0.25) is 0 Å². The van der Waals surface area contributed by atoms with E-state index in [4.69, 9.17) is 4.74 Å². The fraction of sp³-hybridized carbons (Fsp3) is 0.500. The van der Waals surface area contributed by atoms with E-state index in [0.717, 1.165) is 35.5 Å². The van der Waals surface area contributed by atoms with Crippen LogP contribution < -0.4 is 9.64 Å². The van der Waals surface area contributed by atoms with Crippen molar-refractivity contribution in [1.29, 1.82) is 0 Å². The number of hydrogen-bond acceptors (Lipinski definition) is 3. The van der Waals surface area contributed by atoms with Gasteiger partial charge >= 0.3 is 0 Å². The summed E-state index contributed by atoms with van der Waals surface area (Å²) in [7, 11) is 0. The number of hydrogen-bond donors (Lipinski definition) is 0. The Kier molecular flexibility index (Phi) is 4.84. The lowest BCUT2D eigenvalue weighted by Gasteiger charge is -2.33. The first-order chi connectivity index (χ1) is 12.0. The molecular weight excluding hydrogens is 314 g/mol. The highest BCUT2D eigenvalue weighted by atomic mass is 16.5. The Morgan fingerprint density at radius 1 is 1.32 bits per heavy atom. The number of fused-ring (bicyclic) bond motifs is 1. The molecule has 0 saturated carbocycles. The van der Waals surface area contributed by atoms with Crippen LogP contribution in [-0.4, -0.2) is 28.3 Å². The highest BCUT2D eigenvalue weighted by Gasteiger charge is 2.30. The molecule has 2 heterocycles. The van der Waals surface area contributed by atoms with Crippen LogP contribution in [0.15, 0.2) is 24.4 Å². The molecule has 1 atom stereocenters. The molecular formula is C20H27N3O2. The minimum Gasteiger partial charge on any atom is -0.487 e. The lowest BCUT2D eigenvalue weighted by molar-refractivity contribution is 0.0960. The molecule has 3 rings (SSSR count). The van der Waals surface area contributed by atoms with Crippen LogP contribution in [0.1, 0.15) is 61.3 Å². The lowest BCUT2D eigenvalue weighted by Crippen LogP contribution is -2.42. The molecule has 1 aromatic heterocycles. The van der Waals surface area contributed by atoms with Crippen molar-refractivity contribution < 1.29 is 9.53 Å². The number of aromatic nitrogens is 2. The average Bonchev–Trinajstić information content (AvgIpc) is 2.96. The Morgan fingerprint density at radius 2 is 2.04 bits per heavy atom. The SMILES string of the molecule is CCC(CC)n1ncc(C(=O)N2CC(C)Oc3cc(C)ccc32)c1C. The molecule has 0 spiro atoms. The van der Waals surface area contributed by atoms with E-state index in [1.807, 2.05) is 48.6 Å². The summed E-state index contributed by atoms with van der Waals surface area (Å²) in [6, 6.07) is 6.31. The zero-order valence-electron chi connectivity index (χ0n) is 15.7. The van der Waals surface area contributed by atoms with Crippen molar-refractivity contribution in [3.63, 3.8) is 0 Å². The molecule has 0 saturated heterocycles. The summed E-state index contributed by atoms with van der Waals surface area (Å²) in [6.45, 7) is 10.9. The van der Waals surface area contributed by atoms with Gasteiger partial charge in [0.25, 0.3) is 5.91 Å². The zero-order chi connectivity index (χ0) is 18.1. The molecule has 25 heavy (non-hydrogen) atoms. The highest BCUT2D eigenvalue weighted by Crippen LogP contribution is 2.35. The smallest absolute Gasteiger partial charge is 0.261 e. The first-order valence-corrected chi connectivity index (χ1v) is 9.09. The Labute approximate surface area is 149 Å². The normalized spacial score (nSPS) is 16.7. The van der Waals surface area contributed by atoms with Gasteiger partial charge in [-0.2, -0.15) is 5.10 Å². The predicted octanol–water partition coefficient (Wildman–Crippen LogP) is 4.29. The number of ether oxygens (including phenoxy) is 1. The average molecular weight is 341 g/mol. The number of carbonyl (C=O) groups excluding carboxylic acids is 1. The number of rotatable bonds is 4. The largest absolute Gasteiger partial charge is 0.487 e. The van der Waals surface area contributed by atoms with Gasteiger partial charge in [-0.25, -0.2) is 0 Å². The second kappa shape index (κ2) is 6.90. The predicted molar refractivity (Wildman–Crippen MR) is 99.5 cm³/mol. The van der Waals surface area contributed by atoms with Crippen LogP contribution in [-0.2, 0) is 0 Å². The van der Waals surface area contributed by atoms with Crippen LogP contribution in [0, 0.1) is 13.8 Å². The summed E-state index contributed by atoms with van der Waals surface area (Å²) in [5, 5.41) is 4.50. The van der Waals surface area contributed by atoms with Gasteiger partial charge in [-0.05, 0) is 51.3 Å². The van der Waals surface area contributed by atoms with Crippen molar-refractivity contribution in [2.75, 3.05) is 11.4 Å². The van der Waals surface area contributed by atoms with Crippen LogP contribution in [0.3, 0.4) is 0 Å². The first kappa shape index (κ1) is 17.5. The quantitative estimate of drug-likeness (QED) is 0.833. The van der Waals surface area contributed by atoms with Crippen molar-refractivity contribution >= 4 is 11.6 Å². The summed E-state index contributed by atoms with van der Waals surface area (Å²) in [5.74, 6) is 0.770. The van der Waals surface area contributed by atoms with Crippen molar-refractivity contribution in [3.8, 4) is 5.75 Å². The molecule has 0 bridgehead atoms. The fourth-order valence-electron chi connectivity index (χ4n) is 3.52. The highest BCUT2D eigenvalue weighted by molar-refractivity contribution is 6.07. The van der Waals surface area contributed by atoms with Crippen LogP contribution in [0.2, 0.25) is 0 Å². The van der Waals surface area contributed by atoms with Crippen molar-refractivity contribution in [1.82, 2.24) is 9.78 Å². The van der Waals surface area contributed by atoms with Gasteiger partial charge in [0, 0.05) is 5.69 Å². The van der Waals surface area contributed by atoms with E-state index in [1.54, 1.807) is 6.20 Å². The monoisotopic (exact) mass is 341 g/mol.